The van der Waals surface area contributed by atoms with Crippen molar-refractivity contribution in [2.45, 2.75) is 32.6 Å². The SMILES string of the molecule is CCN(CC(=O)Nc1c(Cl)cccc1Cl)C(=O)C1CCCC1. The number of benzene rings is 1. The molecule has 1 aromatic carbocycles. The molecule has 1 aliphatic rings. The van der Waals surface area contributed by atoms with Crippen LogP contribution in [-0.4, -0.2) is 29.8 Å². The molecule has 0 bridgehead atoms. The van der Waals surface area contributed by atoms with E-state index >= 15 is 0 Å². The maximum absolute atomic E-state index is 12.4. The number of amides is 2. The third-order valence-electron chi connectivity index (χ3n) is 3.96. The van der Waals surface area contributed by atoms with Crippen LogP contribution >= 0.6 is 23.2 Å². The molecule has 120 valence electrons. The van der Waals surface area contributed by atoms with Crippen LogP contribution < -0.4 is 5.32 Å². The lowest BCUT2D eigenvalue weighted by molar-refractivity contribution is -0.138. The average molecular weight is 343 g/mol. The van der Waals surface area contributed by atoms with E-state index in [1.54, 1.807) is 23.1 Å². The molecule has 6 heteroatoms. The van der Waals surface area contributed by atoms with Crippen LogP contribution in [0.15, 0.2) is 18.2 Å². The van der Waals surface area contributed by atoms with E-state index in [-0.39, 0.29) is 24.3 Å². The summed E-state index contributed by atoms with van der Waals surface area (Å²) in [5, 5.41) is 3.45. The fraction of sp³-hybridized carbons (Fsp3) is 0.500. The molecule has 0 heterocycles. The van der Waals surface area contributed by atoms with E-state index in [9.17, 15) is 9.59 Å². The number of anilines is 1. The van der Waals surface area contributed by atoms with Crippen LogP contribution in [0.25, 0.3) is 0 Å². The van der Waals surface area contributed by atoms with Crippen LogP contribution in [0.4, 0.5) is 5.69 Å². The lowest BCUT2D eigenvalue weighted by Gasteiger charge is -2.23. The van der Waals surface area contributed by atoms with Gasteiger partial charge in [0.1, 0.15) is 0 Å². The molecule has 1 aromatic rings. The molecule has 22 heavy (non-hydrogen) atoms. The van der Waals surface area contributed by atoms with Crippen molar-refractivity contribution in [2.75, 3.05) is 18.4 Å². The van der Waals surface area contributed by atoms with E-state index in [0.717, 1.165) is 25.7 Å². The van der Waals surface area contributed by atoms with Crippen LogP contribution in [0.3, 0.4) is 0 Å². The van der Waals surface area contributed by atoms with Gasteiger partial charge >= 0.3 is 0 Å². The zero-order valence-electron chi connectivity index (χ0n) is 12.6. The highest BCUT2D eigenvalue weighted by molar-refractivity contribution is 6.39. The zero-order valence-corrected chi connectivity index (χ0v) is 14.1. The van der Waals surface area contributed by atoms with Crippen LogP contribution in [0, 0.1) is 5.92 Å². The van der Waals surface area contributed by atoms with Gasteiger partial charge in [0.25, 0.3) is 0 Å². The normalized spacial score (nSPS) is 14.9. The minimum absolute atomic E-state index is 0.0212. The van der Waals surface area contributed by atoms with Gasteiger partial charge in [-0.3, -0.25) is 9.59 Å². The highest BCUT2D eigenvalue weighted by Crippen LogP contribution is 2.30. The van der Waals surface area contributed by atoms with E-state index in [0.29, 0.717) is 22.3 Å². The Kier molecular flexibility index (Phi) is 6.09. The second-order valence-corrected chi connectivity index (χ2v) is 6.29. The van der Waals surface area contributed by atoms with E-state index in [1.165, 1.54) is 0 Å². The average Bonchev–Trinajstić information content (AvgIpc) is 3.02. The third-order valence-corrected chi connectivity index (χ3v) is 4.59. The molecule has 0 aliphatic heterocycles. The van der Waals surface area contributed by atoms with E-state index in [2.05, 4.69) is 5.32 Å². The fourth-order valence-corrected chi connectivity index (χ4v) is 3.24. The summed E-state index contributed by atoms with van der Waals surface area (Å²) in [6, 6.07) is 5.02. The Labute approximate surface area is 140 Å². The van der Waals surface area contributed by atoms with Gasteiger partial charge in [-0.25, -0.2) is 0 Å². The Hall–Kier alpha value is -1.26. The molecule has 1 fully saturated rings. The Morgan fingerprint density at radius 3 is 2.36 bits per heavy atom. The lowest BCUT2D eigenvalue weighted by atomic mass is 10.1. The summed E-state index contributed by atoms with van der Waals surface area (Å²) in [6.07, 6.45) is 4.03. The largest absolute Gasteiger partial charge is 0.333 e. The fourth-order valence-electron chi connectivity index (χ4n) is 2.75. The number of hydrogen-bond donors (Lipinski definition) is 1. The molecule has 1 N–H and O–H groups in total. The maximum Gasteiger partial charge on any atom is 0.244 e. The molecular formula is C16H20Cl2N2O2. The van der Waals surface area contributed by atoms with E-state index < -0.39 is 0 Å². The van der Waals surface area contributed by atoms with Gasteiger partial charge in [0.05, 0.1) is 22.3 Å². The van der Waals surface area contributed by atoms with Crippen LogP contribution in [-0.2, 0) is 9.59 Å². The summed E-state index contributed by atoms with van der Waals surface area (Å²) >= 11 is 12.1. The van der Waals surface area contributed by atoms with Crippen molar-refractivity contribution in [3.05, 3.63) is 28.2 Å². The Morgan fingerprint density at radius 2 is 1.82 bits per heavy atom. The summed E-state index contributed by atoms with van der Waals surface area (Å²) in [4.78, 5) is 26.2. The molecule has 0 aromatic heterocycles. The molecule has 4 nitrogen and oxygen atoms in total. The minimum Gasteiger partial charge on any atom is -0.333 e. The molecule has 0 unspecified atom stereocenters. The second kappa shape index (κ2) is 7.84. The number of nitrogens with one attached hydrogen (secondary N) is 1. The quantitative estimate of drug-likeness (QED) is 0.879. The van der Waals surface area contributed by atoms with Gasteiger partial charge in [0, 0.05) is 12.5 Å². The summed E-state index contributed by atoms with van der Waals surface area (Å²) in [5.41, 5.74) is 0.389. The summed E-state index contributed by atoms with van der Waals surface area (Å²) < 4.78 is 0. The highest BCUT2D eigenvalue weighted by Gasteiger charge is 2.27. The molecule has 0 saturated heterocycles. The number of rotatable bonds is 5. The summed E-state index contributed by atoms with van der Waals surface area (Å²) in [7, 11) is 0. The molecule has 0 spiro atoms. The zero-order chi connectivity index (χ0) is 16.1. The summed E-state index contributed by atoms with van der Waals surface area (Å²) in [6.45, 7) is 2.41. The number of para-hydroxylation sites is 1. The predicted octanol–water partition coefficient (Wildman–Crippen LogP) is 3.97. The Balaban J connectivity index is 1.98. The van der Waals surface area contributed by atoms with E-state index in [1.807, 2.05) is 6.92 Å². The molecule has 1 aliphatic carbocycles. The molecular weight excluding hydrogens is 323 g/mol. The van der Waals surface area contributed by atoms with Crippen molar-refractivity contribution in [3.63, 3.8) is 0 Å². The van der Waals surface area contributed by atoms with Gasteiger partial charge < -0.3 is 10.2 Å². The number of nitrogens with zero attached hydrogens (tertiary/aromatic N) is 1. The molecule has 2 rings (SSSR count). The maximum atomic E-state index is 12.4. The van der Waals surface area contributed by atoms with Gasteiger partial charge in [-0.1, -0.05) is 42.1 Å². The van der Waals surface area contributed by atoms with Gasteiger partial charge in [-0.05, 0) is 31.9 Å². The topological polar surface area (TPSA) is 49.4 Å². The predicted molar refractivity (Wildman–Crippen MR) is 89.3 cm³/mol. The van der Waals surface area contributed by atoms with Crippen molar-refractivity contribution in [3.8, 4) is 0 Å². The first kappa shape index (κ1) is 17.1. The first-order valence-electron chi connectivity index (χ1n) is 7.55. The number of carbonyl (C=O) groups is 2. The highest BCUT2D eigenvalue weighted by atomic mass is 35.5. The van der Waals surface area contributed by atoms with Gasteiger partial charge in [0.2, 0.25) is 11.8 Å². The monoisotopic (exact) mass is 342 g/mol. The molecule has 2 amide bonds. The standard InChI is InChI=1S/C16H20Cl2N2O2/c1-2-20(16(22)11-6-3-4-7-11)10-14(21)19-15-12(17)8-5-9-13(15)18/h5,8-9,11H,2-4,6-7,10H2,1H3,(H,19,21). The number of halogens is 2. The van der Waals surface area contributed by atoms with Crippen molar-refractivity contribution >= 4 is 40.7 Å². The second-order valence-electron chi connectivity index (χ2n) is 5.48. The van der Waals surface area contributed by atoms with Crippen LogP contribution in [0.5, 0.6) is 0 Å². The van der Waals surface area contributed by atoms with Crippen molar-refractivity contribution < 1.29 is 9.59 Å². The molecule has 0 atom stereocenters. The summed E-state index contributed by atoms with van der Waals surface area (Å²) in [5.74, 6) is -0.153. The third kappa shape index (κ3) is 4.14. The van der Waals surface area contributed by atoms with E-state index in [4.69, 9.17) is 23.2 Å². The molecule has 0 radical (unpaired) electrons. The first-order chi connectivity index (χ1) is 10.5. The smallest absolute Gasteiger partial charge is 0.244 e. The van der Waals surface area contributed by atoms with Crippen molar-refractivity contribution in [1.29, 1.82) is 0 Å². The number of likely N-dealkylation sites (N-methyl/N-ethyl adjacent to an activating group) is 1. The number of carbonyl (C=O) groups excluding carboxylic acids is 2. The number of hydrogen-bond acceptors (Lipinski definition) is 2. The van der Waals surface area contributed by atoms with Gasteiger partial charge in [-0.15, -0.1) is 0 Å². The van der Waals surface area contributed by atoms with Crippen LogP contribution in [0.1, 0.15) is 32.6 Å². The van der Waals surface area contributed by atoms with Crippen molar-refractivity contribution in [2.24, 2.45) is 5.92 Å². The van der Waals surface area contributed by atoms with Gasteiger partial charge in [0.15, 0.2) is 0 Å². The van der Waals surface area contributed by atoms with Crippen LogP contribution in [0.2, 0.25) is 10.0 Å². The molecule has 1 saturated carbocycles. The Morgan fingerprint density at radius 1 is 1.23 bits per heavy atom. The Bertz CT molecular complexity index is 537. The lowest BCUT2D eigenvalue weighted by Crippen LogP contribution is -2.40. The first-order valence-corrected chi connectivity index (χ1v) is 8.31. The minimum atomic E-state index is -0.289. The van der Waals surface area contributed by atoms with Gasteiger partial charge in [-0.2, -0.15) is 0 Å². The van der Waals surface area contributed by atoms with Crippen molar-refractivity contribution in [1.82, 2.24) is 4.90 Å².